The highest BCUT2D eigenvalue weighted by Crippen LogP contribution is 2.27. The SMILES string of the molecule is CCNC(COCCOC)c1ccc(Cl)s1. The average Bonchev–Trinajstić information content (AvgIpc) is 2.69. The minimum atomic E-state index is 0.222. The molecule has 0 aliphatic rings. The molecule has 0 aliphatic carbocycles. The number of nitrogens with one attached hydrogen (secondary N) is 1. The molecule has 5 heteroatoms. The van der Waals surface area contributed by atoms with Gasteiger partial charge in [-0.05, 0) is 18.7 Å². The summed E-state index contributed by atoms with van der Waals surface area (Å²) in [6, 6.07) is 4.18. The van der Waals surface area contributed by atoms with Gasteiger partial charge in [-0.15, -0.1) is 11.3 Å². The zero-order valence-corrected chi connectivity index (χ0v) is 11.2. The van der Waals surface area contributed by atoms with Gasteiger partial charge in [0, 0.05) is 12.0 Å². The molecule has 0 spiro atoms. The topological polar surface area (TPSA) is 30.5 Å². The van der Waals surface area contributed by atoms with Gasteiger partial charge in [0.1, 0.15) is 0 Å². The lowest BCUT2D eigenvalue weighted by Gasteiger charge is -2.16. The van der Waals surface area contributed by atoms with Gasteiger partial charge in [0.15, 0.2) is 0 Å². The van der Waals surface area contributed by atoms with E-state index in [2.05, 4.69) is 12.2 Å². The first-order chi connectivity index (χ1) is 7.77. The van der Waals surface area contributed by atoms with Crippen LogP contribution in [0, 0.1) is 0 Å². The van der Waals surface area contributed by atoms with Crippen LogP contribution in [0.2, 0.25) is 4.34 Å². The minimum absolute atomic E-state index is 0.222. The van der Waals surface area contributed by atoms with Gasteiger partial charge in [-0.2, -0.15) is 0 Å². The van der Waals surface area contributed by atoms with E-state index in [1.165, 1.54) is 4.88 Å². The van der Waals surface area contributed by atoms with E-state index in [0.717, 1.165) is 10.9 Å². The van der Waals surface area contributed by atoms with Crippen LogP contribution in [0.15, 0.2) is 12.1 Å². The Morgan fingerprint density at radius 1 is 1.44 bits per heavy atom. The summed E-state index contributed by atoms with van der Waals surface area (Å²) in [6.45, 7) is 4.89. The maximum absolute atomic E-state index is 5.92. The van der Waals surface area contributed by atoms with Crippen molar-refractivity contribution in [3.8, 4) is 0 Å². The van der Waals surface area contributed by atoms with Crippen molar-refractivity contribution in [1.29, 1.82) is 0 Å². The Balaban J connectivity index is 2.41. The first-order valence-corrected chi connectivity index (χ1v) is 6.52. The number of hydrogen-bond acceptors (Lipinski definition) is 4. The van der Waals surface area contributed by atoms with Crippen molar-refractivity contribution in [2.75, 3.05) is 33.5 Å². The summed E-state index contributed by atoms with van der Waals surface area (Å²) >= 11 is 7.51. The highest BCUT2D eigenvalue weighted by molar-refractivity contribution is 7.16. The predicted molar refractivity (Wildman–Crippen MR) is 68.4 cm³/mol. The van der Waals surface area contributed by atoms with Crippen molar-refractivity contribution in [3.05, 3.63) is 21.3 Å². The number of rotatable bonds is 8. The quantitative estimate of drug-likeness (QED) is 0.732. The number of ether oxygens (including phenoxy) is 2. The van der Waals surface area contributed by atoms with E-state index in [1.54, 1.807) is 18.4 Å². The van der Waals surface area contributed by atoms with Crippen molar-refractivity contribution in [2.45, 2.75) is 13.0 Å². The van der Waals surface area contributed by atoms with Crippen LogP contribution in [0.4, 0.5) is 0 Å². The van der Waals surface area contributed by atoms with Crippen LogP contribution < -0.4 is 5.32 Å². The van der Waals surface area contributed by atoms with Crippen molar-refractivity contribution < 1.29 is 9.47 Å². The molecule has 1 aromatic rings. The first kappa shape index (κ1) is 13.9. The fourth-order valence-electron chi connectivity index (χ4n) is 1.35. The normalized spacial score (nSPS) is 12.9. The van der Waals surface area contributed by atoms with Gasteiger partial charge in [-0.1, -0.05) is 18.5 Å². The highest BCUT2D eigenvalue weighted by atomic mass is 35.5. The summed E-state index contributed by atoms with van der Waals surface area (Å²) in [5.74, 6) is 0. The molecule has 16 heavy (non-hydrogen) atoms. The monoisotopic (exact) mass is 263 g/mol. The average molecular weight is 264 g/mol. The standard InChI is InChI=1S/C11H18ClNO2S/c1-3-13-9(8-15-7-6-14-2)10-4-5-11(12)16-10/h4-5,9,13H,3,6-8H2,1-2H3. The lowest BCUT2D eigenvalue weighted by atomic mass is 10.2. The van der Waals surface area contributed by atoms with Gasteiger partial charge in [0.05, 0.1) is 30.2 Å². The molecule has 0 saturated carbocycles. The molecular weight excluding hydrogens is 246 g/mol. The van der Waals surface area contributed by atoms with Gasteiger partial charge in [0.2, 0.25) is 0 Å². The maximum atomic E-state index is 5.92. The Kier molecular flexibility index (Phi) is 7.00. The molecule has 0 radical (unpaired) electrons. The maximum Gasteiger partial charge on any atom is 0.0931 e. The highest BCUT2D eigenvalue weighted by Gasteiger charge is 2.12. The van der Waals surface area contributed by atoms with Crippen molar-refractivity contribution in [2.24, 2.45) is 0 Å². The van der Waals surface area contributed by atoms with Gasteiger partial charge < -0.3 is 14.8 Å². The fraction of sp³-hybridized carbons (Fsp3) is 0.636. The van der Waals surface area contributed by atoms with Crippen LogP contribution in [0.5, 0.6) is 0 Å². The molecule has 1 aromatic heterocycles. The van der Waals surface area contributed by atoms with E-state index < -0.39 is 0 Å². The van der Waals surface area contributed by atoms with Crippen LogP contribution >= 0.6 is 22.9 Å². The molecule has 0 saturated heterocycles. The molecule has 1 unspecified atom stereocenters. The largest absolute Gasteiger partial charge is 0.382 e. The van der Waals surface area contributed by atoms with Crippen LogP contribution in [-0.4, -0.2) is 33.5 Å². The van der Waals surface area contributed by atoms with Crippen LogP contribution in [0.1, 0.15) is 17.8 Å². The Morgan fingerprint density at radius 3 is 2.81 bits per heavy atom. The Hall–Kier alpha value is -0.130. The minimum Gasteiger partial charge on any atom is -0.382 e. The molecule has 0 aromatic carbocycles. The van der Waals surface area contributed by atoms with Gasteiger partial charge in [0.25, 0.3) is 0 Å². The Labute approximate surface area is 106 Å². The van der Waals surface area contributed by atoms with E-state index in [9.17, 15) is 0 Å². The number of thiophene rings is 1. The van der Waals surface area contributed by atoms with Crippen LogP contribution in [-0.2, 0) is 9.47 Å². The second kappa shape index (κ2) is 8.03. The summed E-state index contributed by atoms with van der Waals surface area (Å²) in [7, 11) is 1.67. The van der Waals surface area contributed by atoms with Crippen molar-refractivity contribution in [1.82, 2.24) is 5.32 Å². The molecule has 1 heterocycles. The fourth-order valence-corrected chi connectivity index (χ4v) is 2.47. The Morgan fingerprint density at radius 2 is 2.25 bits per heavy atom. The molecule has 92 valence electrons. The van der Waals surface area contributed by atoms with Gasteiger partial charge >= 0.3 is 0 Å². The smallest absolute Gasteiger partial charge is 0.0931 e. The lowest BCUT2D eigenvalue weighted by molar-refractivity contribution is 0.0592. The van der Waals surface area contributed by atoms with E-state index in [-0.39, 0.29) is 6.04 Å². The van der Waals surface area contributed by atoms with Crippen molar-refractivity contribution in [3.63, 3.8) is 0 Å². The van der Waals surface area contributed by atoms with E-state index >= 15 is 0 Å². The van der Waals surface area contributed by atoms with Gasteiger partial charge in [-0.25, -0.2) is 0 Å². The third-order valence-corrected chi connectivity index (χ3v) is 3.45. The summed E-state index contributed by atoms with van der Waals surface area (Å²) in [4.78, 5) is 1.21. The number of methoxy groups -OCH3 is 1. The summed E-state index contributed by atoms with van der Waals surface area (Å²) in [5, 5.41) is 3.38. The molecule has 1 N–H and O–H groups in total. The summed E-state index contributed by atoms with van der Waals surface area (Å²) in [6.07, 6.45) is 0. The second-order valence-electron chi connectivity index (χ2n) is 3.32. The zero-order chi connectivity index (χ0) is 11.8. The van der Waals surface area contributed by atoms with Gasteiger partial charge in [-0.3, -0.25) is 0 Å². The molecule has 3 nitrogen and oxygen atoms in total. The molecular formula is C11H18ClNO2S. The molecule has 0 amide bonds. The predicted octanol–water partition coefficient (Wildman–Crippen LogP) is 2.72. The number of likely N-dealkylation sites (N-methyl/N-ethyl adjacent to an activating group) is 1. The molecule has 1 atom stereocenters. The van der Waals surface area contributed by atoms with Crippen LogP contribution in [0.25, 0.3) is 0 Å². The van der Waals surface area contributed by atoms with E-state index in [4.69, 9.17) is 21.1 Å². The third kappa shape index (κ3) is 4.80. The summed E-state index contributed by atoms with van der Waals surface area (Å²) in [5.41, 5.74) is 0. The molecule has 1 rings (SSSR count). The van der Waals surface area contributed by atoms with Crippen LogP contribution in [0.3, 0.4) is 0 Å². The Bertz CT molecular complexity index is 293. The number of halogens is 1. The number of hydrogen-bond donors (Lipinski definition) is 1. The van der Waals surface area contributed by atoms with E-state index in [0.29, 0.717) is 19.8 Å². The molecule has 0 fully saturated rings. The van der Waals surface area contributed by atoms with E-state index in [1.807, 2.05) is 12.1 Å². The molecule has 0 bridgehead atoms. The first-order valence-electron chi connectivity index (χ1n) is 5.33. The second-order valence-corrected chi connectivity index (χ2v) is 5.07. The third-order valence-electron chi connectivity index (χ3n) is 2.10. The zero-order valence-electron chi connectivity index (χ0n) is 9.66. The summed E-state index contributed by atoms with van der Waals surface area (Å²) < 4.78 is 11.3. The van der Waals surface area contributed by atoms with Crippen molar-refractivity contribution >= 4 is 22.9 Å². The lowest BCUT2D eigenvalue weighted by Crippen LogP contribution is -2.25. The molecule has 0 aliphatic heterocycles.